The lowest BCUT2D eigenvalue weighted by atomic mass is 10.1. The van der Waals surface area contributed by atoms with Crippen LogP contribution in [-0.4, -0.2) is 22.9 Å². The molecule has 0 fully saturated rings. The molecule has 2 amide bonds. The van der Waals surface area contributed by atoms with Gasteiger partial charge in [0.25, 0.3) is 5.91 Å². The van der Waals surface area contributed by atoms with Crippen molar-refractivity contribution in [3.05, 3.63) is 65.2 Å². The molecule has 0 saturated heterocycles. The fraction of sp³-hybridized carbons (Fsp3) is 0.167. The molecule has 2 rings (SSSR count). The predicted octanol–water partition coefficient (Wildman–Crippen LogP) is 2.20. The molecule has 0 bridgehead atoms. The lowest BCUT2D eigenvalue weighted by molar-refractivity contribution is -0.136. The van der Waals surface area contributed by atoms with Gasteiger partial charge in [0.2, 0.25) is 5.91 Å². The van der Waals surface area contributed by atoms with E-state index in [0.29, 0.717) is 23.4 Å². The van der Waals surface area contributed by atoms with Gasteiger partial charge < -0.3 is 15.7 Å². The van der Waals surface area contributed by atoms with Gasteiger partial charge in [-0.15, -0.1) is 0 Å². The number of benzene rings is 2. The molecule has 2 aromatic rings. The quantitative estimate of drug-likeness (QED) is 0.758. The zero-order valence-corrected chi connectivity index (χ0v) is 13.2. The molecule has 0 aromatic heterocycles. The SMILES string of the molecule is CC(=O)NCc1ccc(C(=O)Nc2ccc(CC(=O)O)cc2)cc1. The summed E-state index contributed by atoms with van der Waals surface area (Å²) in [4.78, 5) is 33.7. The molecule has 0 atom stereocenters. The summed E-state index contributed by atoms with van der Waals surface area (Å²) in [6.07, 6.45) is -0.0516. The van der Waals surface area contributed by atoms with Crippen molar-refractivity contribution in [2.75, 3.05) is 5.32 Å². The van der Waals surface area contributed by atoms with Gasteiger partial charge in [-0.05, 0) is 35.4 Å². The van der Waals surface area contributed by atoms with Gasteiger partial charge in [-0.3, -0.25) is 14.4 Å². The number of anilines is 1. The van der Waals surface area contributed by atoms with Crippen LogP contribution < -0.4 is 10.6 Å². The molecule has 24 heavy (non-hydrogen) atoms. The van der Waals surface area contributed by atoms with Gasteiger partial charge in [-0.25, -0.2) is 0 Å². The van der Waals surface area contributed by atoms with E-state index in [0.717, 1.165) is 5.56 Å². The average Bonchev–Trinajstić information content (AvgIpc) is 2.54. The minimum absolute atomic E-state index is 0.0516. The van der Waals surface area contributed by atoms with E-state index in [9.17, 15) is 14.4 Å². The highest BCUT2D eigenvalue weighted by Gasteiger charge is 2.07. The van der Waals surface area contributed by atoms with Crippen LogP contribution in [0.2, 0.25) is 0 Å². The number of nitrogens with one attached hydrogen (secondary N) is 2. The van der Waals surface area contributed by atoms with Gasteiger partial charge in [0.05, 0.1) is 6.42 Å². The first-order valence-corrected chi connectivity index (χ1v) is 7.39. The molecule has 0 saturated carbocycles. The number of rotatable bonds is 6. The Hall–Kier alpha value is -3.15. The van der Waals surface area contributed by atoms with Crippen LogP contribution in [0.4, 0.5) is 5.69 Å². The Morgan fingerprint density at radius 3 is 2.04 bits per heavy atom. The van der Waals surface area contributed by atoms with Crippen molar-refractivity contribution in [2.45, 2.75) is 19.9 Å². The molecule has 0 radical (unpaired) electrons. The summed E-state index contributed by atoms with van der Waals surface area (Å²) in [5.41, 5.74) is 2.66. The van der Waals surface area contributed by atoms with Crippen molar-refractivity contribution in [1.82, 2.24) is 5.32 Å². The topological polar surface area (TPSA) is 95.5 Å². The summed E-state index contributed by atoms with van der Waals surface area (Å²) in [7, 11) is 0. The molecule has 0 aliphatic rings. The molecule has 0 spiro atoms. The smallest absolute Gasteiger partial charge is 0.307 e. The summed E-state index contributed by atoms with van der Waals surface area (Å²) in [5.74, 6) is -1.26. The normalized spacial score (nSPS) is 10.0. The first-order chi connectivity index (χ1) is 11.4. The average molecular weight is 326 g/mol. The van der Waals surface area contributed by atoms with Gasteiger partial charge in [-0.2, -0.15) is 0 Å². The Morgan fingerprint density at radius 1 is 0.917 bits per heavy atom. The summed E-state index contributed by atoms with van der Waals surface area (Å²) < 4.78 is 0. The van der Waals surface area contributed by atoms with Gasteiger partial charge in [0, 0.05) is 24.7 Å². The fourth-order valence-electron chi connectivity index (χ4n) is 2.08. The minimum atomic E-state index is -0.897. The van der Waals surface area contributed by atoms with Crippen molar-refractivity contribution in [2.24, 2.45) is 0 Å². The Kier molecular flexibility index (Phi) is 5.68. The highest BCUT2D eigenvalue weighted by atomic mass is 16.4. The zero-order chi connectivity index (χ0) is 17.5. The molecule has 6 heteroatoms. The van der Waals surface area contributed by atoms with Gasteiger partial charge in [0.1, 0.15) is 0 Å². The number of hydrogen-bond acceptors (Lipinski definition) is 3. The first kappa shape index (κ1) is 17.2. The van der Waals surface area contributed by atoms with E-state index in [1.165, 1.54) is 6.92 Å². The number of carboxylic acid groups (broad SMARTS) is 1. The van der Waals surface area contributed by atoms with Gasteiger partial charge >= 0.3 is 5.97 Å². The second-order valence-electron chi connectivity index (χ2n) is 5.33. The minimum Gasteiger partial charge on any atom is -0.481 e. The van der Waals surface area contributed by atoms with E-state index < -0.39 is 5.97 Å². The zero-order valence-electron chi connectivity index (χ0n) is 13.2. The third-order valence-corrected chi connectivity index (χ3v) is 3.32. The number of carbonyl (C=O) groups excluding carboxylic acids is 2. The molecular weight excluding hydrogens is 308 g/mol. The van der Waals surface area contributed by atoms with Crippen LogP contribution >= 0.6 is 0 Å². The summed E-state index contributed by atoms with van der Waals surface area (Å²) >= 11 is 0. The second kappa shape index (κ2) is 7.92. The van der Waals surface area contributed by atoms with E-state index in [1.807, 2.05) is 0 Å². The Balaban J connectivity index is 1.96. The van der Waals surface area contributed by atoms with Crippen LogP contribution in [0.25, 0.3) is 0 Å². The number of carbonyl (C=O) groups is 3. The summed E-state index contributed by atoms with van der Waals surface area (Å²) in [5, 5.41) is 14.2. The van der Waals surface area contributed by atoms with E-state index in [4.69, 9.17) is 5.11 Å². The highest BCUT2D eigenvalue weighted by molar-refractivity contribution is 6.04. The van der Waals surface area contributed by atoms with Crippen molar-refractivity contribution in [1.29, 1.82) is 0 Å². The van der Waals surface area contributed by atoms with E-state index >= 15 is 0 Å². The van der Waals surface area contributed by atoms with E-state index in [2.05, 4.69) is 10.6 Å². The summed E-state index contributed by atoms with van der Waals surface area (Å²) in [6.45, 7) is 1.87. The van der Waals surface area contributed by atoms with Crippen molar-refractivity contribution in [3.63, 3.8) is 0 Å². The fourth-order valence-corrected chi connectivity index (χ4v) is 2.08. The maximum Gasteiger partial charge on any atom is 0.307 e. The Labute approximate surface area is 139 Å². The molecule has 2 aromatic carbocycles. The third-order valence-electron chi connectivity index (χ3n) is 3.32. The van der Waals surface area contributed by atoms with Crippen LogP contribution in [0.15, 0.2) is 48.5 Å². The Bertz CT molecular complexity index is 737. The predicted molar refractivity (Wildman–Crippen MR) is 89.7 cm³/mol. The van der Waals surface area contributed by atoms with E-state index in [1.54, 1.807) is 48.5 Å². The summed E-state index contributed by atoms with van der Waals surface area (Å²) in [6, 6.07) is 13.6. The highest BCUT2D eigenvalue weighted by Crippen LogP contribution is 2.12. The van der Waals surface area contributed by atoms with Crippen LogP contribution in [0.5, 0.6) is 0 Å². The standard InChI is InChI=1S/C18H18N2O4/c1-12(21)19-11-14-2-6-15(7-3-14)18(24)20-16-8-4-13(5-9-16)10-17(22)23/h2-9H,10-11H2,1H3,(H,19,21)(H,20,24)(H,22,23). The lowest BCUT2D eigenvalue weighted by Gasteiger charge is -2.07. The molecule has 3 N–H and O–H groups in total. The molecule has 0 heterocycles. The Morgan fingerprint density at radius 2 is 1.50 bits per heavy atom. The van der Waals surface area contributed by atoms with Crippen LogP contribution in [0.3, 0.4) is 0 Å². The third kappa shape index (κ3) is 5.24. The van der Waals surface area contributed by atoms with Crippen molar-refractivity contribution in [3.8, 4) is 0 Å². The number of hydrogen-bond donors (Lipinski definition) is 3. The van der Waals surface area contributed by atoms with Crippen LogP contribution in [-0.2, 0) is 22.6 Å². The molecule has 124 valence electrons. The monoisotopic (exact) mass is 326 g/mol. The van der Waals surface area contributed by atoms with Gasteiger partial charge in [0.15, 0.2) is 0 Å². The van der Waals surface area contributed by atoms with E-state index in [-0.39, 0.29) is 18.2 Å². The van der Waals surface area contributed by atoms with Gasteiger partial charge in [-0.1, -0.05) is 24.3 Å². The maximum absolute atomic E-state index is 12.2. The number of aliphatic carboxylic acids is 1. The number of carboxylic acids is 1. The largest absolute Gasteiger partial charge is 0.481 e. The maximum atomic E-state index is 12.2. The molecule has 0 unspecified atom stereocenters. The molecule has 0 aliphatic carbocycles. The number of amides is 2. The molecular formula is C18H18N2O4. The molecule has 6 nitrogen and oxygen atoms in total. The second-order valence-corrected chi connectivity index (χ2v) is 5.33. The van der Waals surface area contributed by atoms with Crippen LogP contribution in [0, 0.1) is 0 Å². The molecule has 0 aliphatic heterocycles. The first-order valence-electron chi connectivity index (χ1n) is 7.39. The lowest BCUT2D eigenvalue weighted by Crippen LogP contribution is -2.19. The van der Waals surface area contributed by atoms with Crippen molar-refractivity contribution < 1.29 is 19.5 Å². The van der Waals surface area contributed by atoms with Crippen LogP contribution in [0.1, 0.15) is 28.4 Å². The van der Waals surface area contributed by atoms with Crippen molar-refractivity contribution >= 4 is 23.5 Å².